The van der Waals surface area contributed by atoms with E-state index in [2.05, 4.69) is 51.3 Å². The quantitative estimate of drug-likeness (QED) is 0.369. The van der Waals surface area contributed by atoms with Crippen LogP contribution in [0.1, 0.15) is 12.1 Å². The Morgan fingerprint density at radius 1 is 0.955 bits per heavy atom. The first-order valence-corrected chi connectivity index (χ1v) is 7.17. The maximum Gasteiger partial charge on any atom is 1.00 e. The van der Waals surface area contributed by atoms with Crippen molar-refractivity contribution in [2.75, 3.05) is 0 Å². The fourth-order valence-electron chi connectivity index (χ4n) is 3.32. The van der Waals surface area contributed by atoms with Crippen molar-refractivity contribution in [1.82, 2.24) is 19.6 Å². The summed E-state index contributed by atoms with van der Waals surface area (Å²) in [5.74, 6) is 0. The van der Waals surface area contributed by atoms with Gasteiger partial charge < -0.3 is 9.25 Å². The van der Waals surface area contributed by atoms with Crippen LogP contribution in [0, 0.1) is 6.04 Å². The average Bonchev–Trinajstić information content (AvgIpc) is 3.19. The fourth-order valence-corrected chi connectivity index (χ4v) is 3.32. The van der Waals surface area contributed by atoms with E-state index in [9.17, 15) is 0 Å². The average molecular weight is 280 g/mol. The monoisotopic (exact) mass is 280 g/mol. The molecule has 102 valence electrons. The second-order valence-corrected chi connectivity index (χ2v) is 5.43. The molecule has 0 atom stereocenters. The predicted molar refractivity (Wildman–Crippen MR) is 81.8 cm³/mol. The van der Waals surface area contributed by atoms with Gasteiger partial charge in [-0.2, -0.15) is 0 Å². The van der Waals surface area contributed by atoms with Crippen molar-refractivity contribution in [3.05, 3.63) is 66.3 Å². The first-order chi connectivity index (χ1) is 10.4. The molecular weight excluding hydrogens is 267 g/mol. The van der Waals surface area contributed by atoms with E-state index < -0.39 is 0 Å². The van der Waals surface area contributed by atoms with Gasteiger partial charge in [-0.1, -0.05) is 47.0 Å². The molecule has 0 N–H and O–H groups in total. The second kappa shape index (κ2) is 4.94. The van der Waals surface area contributed by atoms with E-state index in [1.165, 1.54) is 22.6 Å². The number of aromatic nitrogens is 4. The number of para-hydroxylation sites is 2. The molecule has 0 bridgehead atoms. The van der Waals surface area contributed by atoms with Crippen molar-refractivity contribution >= 4 is 21.9 Å². The van der Waals surface area contributed by atoms with E-state index in [4.69, 9.17) is 0 Å². The molecule has 1 aliphatic rings. The molecule has 4 aromatic rings. The number of nitrogens with zero attached hydrogens (tertiary/aromatic N) is 4. The van der Waals surface area contributed by atoms with Crippen LogP contribution in [-0.2, 0) is 6.54 Å². The van der Waals surface area contributed by atoms with Crippen LogP contribution in [0.25, 0.3) is 21.9 Å². The van der Waals surface area contributed by atoms with Gasteiger partial charge in [0, 0.05) is 12.1 Å². The zero-order valence-electron chi connectivity index (χ0n) is 12.4. The molecule has 1 aliphatic heterocycles. The van der Waals surface area contributed by atoms with Gasteiger partial charge in [0.15, 0.2) is 0 Å². The molecule has 3 heterocycles. The standard InChI is InChI=1S/C17H13N4.Li/c1-3-7-14-12(5-1)11-17-16(9-10-20(14)17)21-15-8-4-2-6-13(15)18-19-21;/h1-8,11H,9-10H2;/q-1;+1. The summed E-state index contributed by atoms with van der Waals surface area (Å²) in [5, 5.41) is 9.92. The molecular formula is C17H13LiN4. The molecule has 5 rings (SSSR count). The van der Waals surface area contributed by atoms with Crippen LogP contribution in [0.3, 0.4) is 0 Å². The zero-order valence-corrected chi connectivity index (χ0v) is 12.4. The summed E-state index contributed by atoms with van der Waals surface area (Å²) in [5.41, 5.74) is 4.57. The molecule has 0 aliphatic carbocycles. The smallest absolute Gasteiger partial charge is 0.364 e. The summed E-state index contributed by atoms with van der Waals surface area (Å²) in [6, 6.07) is 20.1. The van der Waals surface area contributed by atoms with Crippen LogP contribution in [-0.4, -0.2) is 19.6 Å². The van der Waals surface area contributed by atoms with Crippen molar-refractivity contribution in [3.63, 3.8) is 0 Å². The minimum absolute atomic E-state index is 0. The largest absolute Gasteiger partial charge is 1.00 e. The third-order valence-electron chi connectivity index (χ3n) is 4.29. The number of rotatable bonds is 1. The Bertz CT molecular complexity index is 969. The summed E-state index contributed by atoms with van der Waals surface area (Å²) in [6.07, 6.45) is 0.994. The molecule has 0 saturated heterocycles. The van der Waals surface area contributed by atoms with E-state index in [0.717, 1.165) is 24.0 Å². The fraction of sp³-hybridized carbons (Fsp3) is 0.118. The van der Waals surface area contributed by atoms with E-state index in [1.54, 1.807) is 0 Å². The van der Waals surface area contributed by atoms with Crippen LogP contribution >= 0.6 is 0 Å². The van der Waals surface area contributed by atoms with Crippen molar-refractivity contribution in [3.8, 4) is 0 Å². The van der Waals surface area contributed by atoms with Crippen LogP contribution in [0.5, 0.6) is 0 Å². The van der Waals surface area contributed by atoms with Gasteiger partial charge in [-0.05, 0) is 35.8 Å². The summed E-state index contributed by atoms with van der Waals surface area (Å²) in [4.78, 5) is 0. The number of benzene rings is 2. The molecule has 0 spiro atoms. The van der Waals surface area contributed by atoms with Gasteiger partial charge in [0.2, 0.25) is 0 Å². The van der Waals surface area contributed by atoms with Crippen molar-refractivity contribution in [2.45, 2.75) is 13.0 Å². The van der Waals surface area contributed by atoms with Gasteiger partial charge in [-0.15, -0.1) is 11.2 Å². The molecule has 0 radical (unpaired) electrons. The Morgan fingerprint density at radius 2 is 1.73 bits per heavy atom. The number of hydrogen-bond donors (Lipinski definition) is 0. The van der Waals surface area contributed by atoms with Crippen LogP contribution in [0.15, 0.2) is 54.6 Å². The first kappa shape index (κ1) is 13.5. The minimum atomic E-state index is 0. The summed E-state index contributed by atoms with van der Waals surface area (Å²) in [6.45, 7) is 1.01. The molecule has 0 fully saturated rings. The van der Waals surface area contributed by atoms with Gasteiger partial charge in [-0.3, -0.25) is 0 Å². The molecule has 4 nitrogen and oxygen atoms in total. The van der Waals surface area contributed by atoms with Gasteiger partial charge in [0.1, 0.15) is 0 Å². The molecule has 0 saturated carbocycles. The minimum Gasteiger partial charge on any atom is -0.364 e. The molecule has 2 aromatic heterocycles. The van der Waals surface area contributed by atoms with Gasteiger partial charge in [0.25, 0.3) is 0 Å². The summed E-state index contributed by atoms with van der Waals surface area (Å²) < 4.78 is 4.37. The van der Waals surface area contributed by atoms with Crippen LogP contribution in [0.2, 0.25) is 0 Å². The zero-order chi connectivity index (χ0) is 13.8. The number of hydrogen-bond acceptors (Lipinski definition) is 2. The van der Waals surface area contributed by atoms with Gasteiger partial charge in [0.05, 0.1) is 5.52 Å². The Kier molecular flexibility index (Phi) is 3.04. The predicted octanol–water partition coefficient (Wildman–Crippen LogP) is 0.222. The molecule has 2 aromatic carbocycles. The number of aryl methyl sites for hydroxylation is 1. The number of fused-ring (bicyclic) bond motifs is 4. The normalized spacial score (nSPS) is 13.5. The summed E-state index contributed by atoms with van der Waals surface area (Å²) >= 11 is 0. The SMILES string of the molecule is [Li+].c1ccc2c(c1)cc1n2CC[C-]1n1nnc2ccccc21. The van der Waals surface area contributed by atoms with Crippen molar-refractivity contribution < 1.29 is 18.9 Å². The van der Waals surface area contributed by atoms with E-state index in [-0.39, 0.29) is 18.9 Å². The van der Waals surface area contributed by atoms with Gasteiger partial charge >= 0.3 is 18.9 Å². The van der Waals surface area contributed by atoms with Crippen LogP contribution < -0.4 is 18.9 Å². The van der Waals surface area contributed by atoms with Crippen LogP contribution in [0.4, 0.5) is 0 Å². The Labute approximate surface area is 139 Å². The molecule has 5 heteroatoms. The molecule has 0 unspecified atom stereocenters. The van der Waals surface area contributed by atoms with Crippen molar-refractivity contribution in [1.29, 1.82) is 0 Å². The Hall–Kier alpha value is -2.15. The van der Waals surface area contributed by atoms with E-state index >= 15 is 0 Å². The maximum absolute atomic E-state index is 4.36. The van der Waals surface area contributed by atoms with E-state index in [1.807, 2.05) is 22.9 Å². The topological polar surface area (TPSA) is 35.6 Å². The second-order valence-electron chi connectivity index (χ2n) is 5.43. The molecule has 22 heavy (non-hydrogen) atoms. The third-order valence-corrected chi connectivity index (χ3v) is 4.29. The first-order valence-electron chi connectivity index (χ1n) is 7.17. The van der Waals surface area contributed by atoms with Gasteiger partial charge in [-0.25, -0.2) is 0 Å². The van der Waals surface area contributed by atoms with Crippen molar-refractivity contribution in [2.24, 2.45) is 0 Å². The Morgan fingerprint density at radius 3 is 2.64 bits per heavy atom. The third kappa shape index (κ3) is 1.75. The summed E-state index contributed by atoms with van der Waals surface area (Å²) in [7, 11) is 0. The Balaban J connectivity index is 0.00000125. The van der Waals surface area contributed by atoms with E-state index in [0.29, 0.717) is 0 Å². The maximum atomic E-state index is 4.36. The molecule has 0 amide bonds.